The molecule has 1 saturated carbocycles. The van der Waals surface area contributed by atoms with Crippen LogP contribution in [-0.2, 0) is 4.74 Å². The average Bonchev–Trinajstić information content (AvgIpc) is 3.70. The van der Waals surface area contributed by atoms with Crippen LogP contribution in [0.1, 0.15) is 49.1 Å². The molecule has 6 rings (SSSR count). The molecule has 4 aromatic heterocycles. The van der Waals surface area contributed by atoms with Gasteiger partial charge in [-0.1, -0.05) is 12.1 Å². The van der Waals surface area contributed by atoms with E-state index in [1.165, 1.54) is 11.3 Å². The number of rotatable bonds is 7. The van der Waals surface area contributed by atoms with Crippen LogP contribution < -0.4 is 5.32 Å². The van der Waals surface area contributed by atoms with E-state index in [0.717, 1.165) is 59.4 Å². The van der Waals surface area contributed by atoms with E-state index in [9.17, 15) is 4.79 Å². The van der Waals surface area contributed by atoms with Gasteiger partial charge in [-0.25, -0.2) is 4.98 Å². The molecule has 0 bridgehead atoms. The van der Waals surface area contributed by atoms with Gasteiger partial charge in [0, 0.05) is 40.9 Å². The highest BCUT2D eigenvalue weighted by atomic mass is 32.1. The number of H-pyrrole nitrogens is 1. The molecule has 0 radical (unpaired) electrons. The topological polar surface area (TPSA) is 111 Å². The lowest BCUT2D eigenvalue weighted by atomic mass is 9.93. The Morgan fingerprint density at radius 3 is 2.97 bits per heavy atom. The summed E-state index contributed by atoms with van der Waals surface area (Å²) in [6, 6.07) is 8.12. The summed E-state index contributed by atoms with van der Waals surface area (Å²) < 4.78 is 13.6. The fourth-order valence-corrected chi connectivity index (χ4v) is 5.61. The van der Waals surface area contributed by atoms with Crippen molar-refractivity contribution in [3.8, 4) is 21.8 Å². The fourth-order valence-electron chi connectivity index (χ4n) is 4.83. The molecule has 4 heterocycles. The zero-order chi connectivity index (χ0) is 24.5. The summed E-state index contributed by atoms with van der Waals surface area (Å²) in [4.78, 5) is 17.7. The van der Waals surface area contributed by atoms with Crippen LogP contribution in [0.3, 0.4) is 0 Å². The van der Waals surface area contributed by atoms with Gasteiger partial charge in [-0.15, -0.1) is 11.3 Å². The van der Waals surface area contributed by atoms with E-state index in [1.807, 2.05) is 42.1 Å². The number of ether oxygens (including phenoxy) is 1. The Labute approximate surface area is 211 Å². The maximum absolute atomic E-state index is 13.2. The SMILES string of the molecule is CCO[C@H]1CC[C@H](n2cc(NC(=O)c3csc(-c4cn[nH]c4)n3)c(-c3cccc4ccoc34)n2)CC1. The minimum absolute atomic E-state index is 0.244. The number of carbonyl (C=O) groups is 1. The first kappa shape index (κ1) is 22.7. The van der Waals surface area contributed by atoms with Gasteiger partial charge in [0.1, 0.15) is 22.0 Å². The third kappa shape index (κ3) is 4.33. The fraction of sp³-hybridized carbons (Fsp3) is 0.308. The number of furan rings is 1. The van der Waals surface area contributed by atoms with Crippen molar-refractivity contribution in [1.82, 2.24) is 25.0 Å². The van der Waals surface area contributed by atoms with Gasteiger partial charge in [0.2, 0.25) is 0 Å². The van der Waals surface area contributed by atoms with Crippen LogP contribution in [0.25, 0.3) is 32.8 Å². The number of nitrogens with one attached hydrogen (secondary N) is 2. The number of amides is 1. The second-order valence-electron chi connectivity index (χ2n) is 8.88. The number of fused-ring (bicyclic) bond motifs is 1. The number of benzene rings is 1. The van der Waals surface area contributed by atoms with Gasteiger partial charge >= 0.3 is 0 Å². The zero-order valence-corrected chi connectivity index (χ0v) is 20.6. The Bertz CT molecular complexity index is 1480. The minimum Gasteiger partial charge on any atom is -0.464 e. The van der Waals surface area contributed by atoms with Crippen LogP contribution in [-0.4, -0.2) is 43.6 Å². The van der Waals surface area contributed by atoms with Gasteiger partial charge in [0.15, 0.2) is 0 Å². The monoisotopic (exact) mass is 502 g/mol. The highest BCUT2D eigenvalue weighted by Crippen LogP contribution is 2.37. The predicted octanol–water partition coefficient (Wildman–Crippen LogP) is 5.92. The van der Waals surface area contributed by atoms with Crippen LogP contribution >= 0.6 is 11.3 Å². The minimum atomic E-state index is -0.284. The molecular formula is C26H26N6O3S. The van der Waals surface area contributed by atoms with Crippen LogP contribution in [0.2, 0.25) is 0 Å². The molecule has 0 aliphatic heterocycles. The summed E-state index contributed by atoms with van der Waals surface area (Å²) in [5, 5.41) is 18.2. The molecule has 1 aliphatic rings. The lowest BCUT2D eigenvalue weighted by Crippen LogP contribution is -2.24. The molecule has 2 N–H and O–H groups in total. The largest absolute Gasteiger partial charge is 0.464 e. The summed E-state index contributed by atoms with van der Waals surface area (Å²) in [5.41, 5.74) is 4.10. The summed E-state index contributed by atoms with van der Waals surface area (Å²) in [6.07, 6.45) is 11.3. The van der Waals surface area contributed by atoms with Gasteiger partial charge < -0.3 is 14.5 Å². The van der Waals surface area contributed by atoms with E-state index in [4.69, 9.17) is 14.3 Å². The first-order valence-electron chi connectivity index (χ1n) is 12.1. The van der Waals surface area contributed by atoms with Crippen molar-refractivity contribution < 1.29 is 13.9 Å². The molecule has 10 heteroatoms. The predicted molar refractivity (Wildman–Crippen MR) is 138 cm³/mol. The molecule has 5 aromatic rings. The summed E-state index contributed by atoms with van der Waals surface area (Å²) >= 11 is 1.40. The van der Waals surface area contributed by atoms with Crippen molar-refractivity contribution in [2.24, 2.45) is 0 Å². The van der Waals surface area contributed by atoms with E-state index in [-0.39, 0.29) is 11.9 Å². The van der Waals surface area contributed by atoms with Gasteiger partial charge in [0.25, 0.3) is 5.91 Å². The Kier molecular flexibility index (Phi) is 6.12. The molecule has 0 spiro atoms. The Balaban J connectivity index is 1.32. The molecule has 1 aliphatic carbocycles. The molecule has 36 heavy (non-hydrogen) atoms. The number of carbonyl (C=O) groups excluding carboxylic acids is 1. The smallest absolute Gasteiger partial charge is 0.275 e. The van der Waals surface area contributed by atoms with E-state index in [0.29, 0.717) is 23.2 Å². The maximum Gasteiger partial charge on any atom is 0.275 e. The first-order valence-corrected chi connectivity index (χ1v) is 13.0. The molecule has 184 valence electrons. The second-order valence-corrected chi connectivity index (χ2v) is 9.74. The molecular weight excluding hydrogens is 476 g/mol. The highest BCUT2D eigenvalue weighted by molar-refractivity contribution is 7.13. The van der Waals surface area contributed by atoms with Gasteiger partial charge in [-0.3, -0.25) is 14.6 Å². The lowest BCUT2D eigenvalue weighted by Gasteiger charge is -2.28. The lowest BCUT2D eigenvalue weighted by molar-refractivity contribution is 0.0260. The van der Waals surface area contributed by atoms with Crippen LogP contribution in [0, 0.1) is 0 Å². The van der Waals surface area contributed by atoms with Crippen molar-refractivity contribution >= 4 is 33.9 Å². The molecule has 0 atom stereocenters. The number of anilines is 1. The van der Waals surface area contributed by atoms with Crippen molar-refractivity contribution in [3.05, 3.63) is 60.2 Å². The summed E-state index contributed by atoms with van der Waals surface area (Å²) in [6.45, 7) is 2.78. The van der Waals surface area contributed by atoms with Crippen molar-refractivity contribution in [3.63, 3.8) is 0 Å². The van der Waals surface area contributed by atoms with E-state index in [1.54, 1.807) is 24.0 Å². The maximum atomic E-state index is 13.2. The Morgan fingerprint density at radius 2 is 2.17 bits per heavy atom. The number of hydrogen-bond acceptors (Lipinski definition) is 7. The summed E-state index contributed by atoms with van der Waals surface area (Å²) in [7, 11) is 0. The Hall–Kier alpha value is -3.76. The average molecular weight is 503 g/mol. The first-order chi connectivity index (χ1) is 17.7. The molecule has 1 aromatic carbocycles. The molecule has 0 unspecified atom stereocenters. The number of aromatic nitrogens is 5. The van der Waals surface area contributed by atoms with Crippen LogP contribution in [0.4, 0.5) is 5.69 Å². The zero-order valence-electron chi connectivity index (χ0n) is 19.8. The quantitative estimate of drug-likeness (QED) is 0.286. The molecule has 1 fully saturated rings. The van der Waals surface area contributed by atoms with Gasteiger partial charge in [-0.05, 0) is 44.7 Å². The van der Waals surface area contributed by atoms with Crippen LogP contribution in [0.5, 0.6) is 0 Å². The number of hydrogen-bond donors (Lipinski definition) is 2. The molecule has 0 saturated heterocycles. The third-order valence-electron chi connectivity index (χ3n) is 6.62. The van der Waals surface area contributed by atoms with Crippen molar-refractivity contribution in [2.45, 2.75) is 44.8 Å². The van der Waals surface area contributed by atoms with E-state index in [2.05, 4.69) is 20.5 Å². The number of thiazole rings is 1. The number of aromatic amines is 1. The van der Waals surface area contributed by atoms with E-state index < -0.39 is 0 Å². The summed E-state index contributed by atoms with van der Waals surface area (Å²) in [5.74, 6) is -0.284. The van der Waals surface area contributed by atoms with Gasteiger partial charge in [0.05, 0.1) is 30.3 Å². The van der Waals surface area contributed by atoms with Crippen molar-refractivity contribution in [1.29, 1.82) is 0 Å². The van der Waals surface area contributed by atoms with Gasteiger partial charge in [-0.2, -0.15) is 10.2 Å². The number of para-hydroxylation sites is 1. The van der Waals surface area contributed by atoms with Crippen molar-refractivity contribution in [2.75, 3.05) is 11.9 Å². The van der Waals surface area contributed by atoms with E-state index >= 15 is 0 Å². The number of nitrogens with zero attached hydrogens (tertiary/aromatic N) is 4. The third-order valence-corrected chi connectivity index (χ3v) is 7.51. The Morgan fingerprint density at radius 1 is 1.28 bits per heavy atom. The molecule has 1 amide bonds. The standard InChI is InChI=1S/C26H26N6O3S/c1-2-34-19-8-6-18(7-9-19)32-14-21(23(31-32)20-5-3-4-16-10-11-35-24(16)20)29-25(33)22-15-36-26(30-22)17-12-27-28-13-17/h3-5,10-15,18-19H,2,6-9H2,1H3,(H,27,28)(H,29,33)/t18-,19-. The van der Waals surface area contributed by atoms with Crippen LogP contribution in [0.15, 0.2) is 58.9 Å². The highest BCUT2D eigenvalue weighted by Gasteiger charge is 2.26. The molecule has 9 nitrogen and oxygen atoms in total. The second kappa shape index (κ2) is 9.71. The normalized spacial score (nSPS) is 18.0.